The van der Waals surface area contributed by atoms with Crippen LogP contribution in [0.2, 0.25) is 10.3 Å². The second-order valence-corrected chi connectivity index (χ2v) is 32.6. The third-order valence-corrected chi connectivity index (χ3v) is 21.6. The molecule has 4 amide bonds. The molecule has 0 spiro atoms. The first kappa shape index (κ1) is 83.3. The second kappa shape index (κ2) is 39.4. The number of halogens is 3. The van der Waals surface area contributed by atoms with Crippen molar-refractivity contribution in [3.63, 3.8) is 0 Å². The summed E-state index contributed by atoms with van der Waals surface area (Å²) < 4.78 is 6.22. The number of carbonyl (C=O) groups excluding carboxylic acids is 6. The van der Waals surface area contributed by atoms with Crippen molar-refractivity contribution in [2.75, 3.05) is 49.1 Å². The molecule has 0 aromatic carbocycles. The number of rotatable bonds is 13. The Kier molecular flexibility index (Phi) is 32.2. The van der Waals surface area contributed by atoms with Gasteiger partial charge in [0, 0.05) is 102 Å². The van der Waals surface area contributed by atoms with E-state index in [2.05, 4.69) is 57.8 Å². The van der Waals surface area contributed by atoms with E-state index < -0.39 is 17.2 Å². The van der Waals surface area contributed by atoms with Crippen molar-refractivity contribution in [2.24, 2.45) is 34.5 Å². The van der Waals surface area contributed by atoms with Crippen molar-refractivity contribution in [3.8, 4) is 29.6 Å². The van der Waals surface area contributed by atoms with Crippen LogP contribution in [0.4, 0.5) is 11.4 Å². The Hall–Kier alpha value is -5.95. The summed E-state index contributed by atoms with van der Waals surface area (Å²) >= 11 is 18.5. The molecule has 544 valence electrons. The van der Waals surface area contributed by atoms with Crippen molar-refractivity contribution in [1.29, 1.82) is 0 Å². The number of nitrogens with zero attached hydrogens (tertiary/aromatic N) is 7. The number of aromatic nitrogens is 3. The van der Waals surface area contributed by atoms with E-state index >= 15 is 0 Å². The Labute approximate surface area is 646 Å². The van der Waals surface area contributed by atoms with E-state index in [1.165, 1.54) is 37.8 Å². The van der Waals surface area contributed by atoms with Gasteiger partial charge in [-0.2, -0.15) is 0 Å². The van der Waals surface area contributed by atoms with Crippen LogP contribution in [-0.2, 0) is 9.59 Å². The SMILES string of the molecule is C1CNC1.CC1CCC(C(=O)N(c2cc(C#CC(C)(C)C)sc2C(=O)O)C2CCC(O)CC2)CC1.CC1CCC(C(=O)N(c2cc(C#CC(C)(C)C)sc2C(=O)[O-])C2CCC(Oc3cc(C(=O)N4CCC4)ccn3)CC2)CC1.O=C(Cl)c1ccnc(Cl)c1.O=C(c1ccnc(Cl)c1)N1CCC1.[Na+]. The third-order valence-electron chi connectivity index (χ3n) is 18.9. The van der Waals surface area contributed by atoms with Gasteiger partial charge in [0.15, 0.2) is 0 Å². The molecule has 5 aromatic heterocycles. The standard InChI is InChI=1S/C34H43N3O5S.C25H35NO4S.C9H9ClN2O.C6H3Cl2NO.C3H7N.Na/c1-22-6-8-23(9-7-22)32(39)37(28-21-27(14-16-34(2,3)4)43-30(28)33(40)41)25-10-12-26(13-11-25)42-29-20-24(15-17-35-29)31(38)36-18-5-19-36;1-16-5-7-17(8-6-16)23(28)26(18-9-11-19(27)12-10-18)21-15-20(13-14-25(2,3)4)31-22(21)24(29)30;10-8-6-7(2-3-11-8)9(13)12-4-1-5-12;7-5-3-4(6(8)10)1-2-9-5;1-2-4-3-1;/h15,17,20-23,25-26H,5-13,18-19H2,1-4H3,(H,40,41);15-19,27H,5-12H2,1-4H3,(H,29,30);2-3,6H,1,4-5H2;1-3H;4H,1-3H2;/q;;;;;+1/p-1. The van der Waals surface area contributed by atoms with Gasteiger partial charge in [-0.05, 0) is 243 Å². The Morgan fingerprint density at radius 2 is 0.971 bits per heavy atom. The van der Waals surface area contributed by atoms with Crippen LogP contribution in [-0.4, -0.2) is 139 Å². The monoisotopic (exact) mass is 1500 g/mol. The molecule has 102 heavy (non-hydrogen) atoms. The van der Waals surface area contributed by atoms with Crippen molar-refractivity contribution in [3.05, 3.63) is 114 Å². The molecule has 0 unspecified atom stereocenters. The third kappa shape index (κ3) is 25.1. The van der Waals surface area contributed by atoms with Crippen molar-refractivity contribution < 1.29 is 83.2 Å². The van der Waals surface area contributed by atoms with Crippen LogP contribution in [0.1, 0.15) is 238 Å². The number of aliphatic hydroxyl groups is 1. The van der Waals surface area contributed by atoms with Crippen molar-refractivity contribution >= 4 is 110 Å². The van der Waals surface area contributed by atoms with E-state index in [9.17, 15) is 48.9 Å². The average molecular weight is 1500 g/mol. The number of thiophene rings is 2. The zero-order valence-corrected chi connectivity index (χ0v) is 66.2. The minimum absolute atomic E-state index is 0. The fourth-order valence-corrected chi connectivity index (χ4v) is 14.7. The van der Waals surface area contributed by atoms with Crippen LogP contribution in [0, 0.1) is 58.2 Å². The summed E-state index contributed by atoms with van der Waals surface area (Å²) in [5.74, 6) is 11.9. The minimum Gasteiger partial charge on any atom is -0.544 e. The zero-order chi connectivity index (χ0) is 73.1. The van der Waals surface area contributed by atoms with Gasteiger partial charge in [0.05, 0.1) is 38.1 Å². The van der Waals surface area contributed by atoms with Gasteiger partial charge in [0.2, 0.25) is 17.7 Å². The number of nitrogens with one attached hydrogen (secondary N) is 1. The summed E-state index contributed by atoms with van der Waals surface area (Å²) in [4.78, 5) is 108. The number of amides is 4. The molecule has 3 aliphatic heterocycles. The molecule has 3 N–H and O–H groups in total. The second-order valence-electron chi connectivity index (χ2n) is 29.4. The number of likely N-dealkylation sites (tertiary alicyclic amines) is 2. The van der Waals surface area contributed by atoms with Gasteiger partial charge in [-0.3, -0.25) is 24.0 Å². The first-order valence-corrected chi connectivity index (χ1v) is 38.2. The fourth-order valence-electron chi connectivity index (χ4n) is 12.6. The van der Waals surface area contributed by atoms with Crippen LogP contribution in [0.3, 0.4) is 0 Å². The maximum Gasteiger partial charge on any atom is 1.00 e. The molecule has 4 aliphatic carbocycles. The van der Waals surface area contributed by atoms with Gasteiger partial charge >= 0.3 is 35.5 Å². The predicted octanol–water partition coefficient (Wildman–Crippen LogP) is 11.3. The van der Waals surface area contributed by atoms with E-state index in [1.54, 1.807) is 63.5 Å². The van der Waals surface area contributed by atoms with Crippen LogP contribution in [0.5, 0.6) is 5.88 Å². The van der Waals surface area contributed by atoms with Gasteiger partial charge in [0.1, 0.15) is 21.3 Å². The molecule has 7 aliphatic rings. The van der Waals surface area contributed by atoms with E-state index in [1.807, 2.05) is 46.4 Å². The van der Waals surface area contributed by atoms with Gasteiger partial charge in [0.25, 0.3) is 17.1 Å². The Morgan fingerprint density at radius 1 is 0.578 bits per heavy atom. The number of ether oxygens (including phenoxy) is 1. The number of aliphatic hydroxyl groups excluding tert-OH is 1. The molecule has 0 radical (unpaired) electrons. The predicted molar refractivity (Wildman–Crippen MR) is 396 cm³/mol. The maximum atomic E-state index is 14.2. The number of anilines is 2. The summed E-state index contributed by atoms with van der Waals surface area (Å²) in [5, 5.41) is 35.4. The van der Waals surface area contributed by atoms with Gasteiger partial charge in [-0.15, -0.1) is 22.7 Å². The molecule has 19 nitrogen and oxygen atoms in total. The van der Waals surface area contributed by atoms with Crippen molar-refractivity contribution in [1.82, 2.24) is 30.1 Å². The molecule has 7 fully saturated rings. The number of carboxylic acids is 2. The van der Waals surface area contributed by atoms with Gasteiger partial charge in [-0.1, -0.05) is 60.7 Å². The molecular formula is C77H96Cl3N8NaO11S2. The van der Waals surface area contributed by atoms with Gasteiger partial charge < -0.3 is 49.8 Å². The summed E-state index contributed by atoms with van der Waals surface area (Å²) in [6.07, 6.45) is 20.4. The zero-order valence-electron chi connectivity index (χ0n) is 60.3. The summed E-state index contributed by atoms with van der Waals surface area (Å²) in [7, 11) is 0. The van der Waals surface area contributed by atoms with E-state index in [0.29, 0.717) is 112 Å². The molecule has 8 heterocycles. The summed E-state index contributed by atoms with van der Waals surface area (Å²) in [5.41, 5.74) is 2.03. The Balaban J connectivity index is 0.000000212. The van der Waals surface area contributed by atoms with E-state index in [-0.39, 0.29) is 115 Å². The number of hydrogen-bond acceptors (Lipinski definition) is 16. The normalized spacial score (nSPS) is 22.0. The van der Waals surface area contributed by atoms with E-state index in [0.717, 1.165) is 113 Å². The number of aromatic carboxylic acids is 2. The fraction of sp³-hybridized carbons (Fsp3) is 0.558. The molecule has 12 rings (SSSR count). The Morgan fingerprint density at radius 3 is 1.34 bits per heavy atom. The molecule has 5 aromatic rings. The van der Waals surface area contributed by atoms with Crippen LogP contribution in [0.25, 0.3) is 0 Å². The van der Waals surface area contributed by atoms with Crippen LogP contribution >= 0.6 is 57.5 Å². The molecule has 4 saturated carbocycles. The van der Waals surface area contributed by atoms with Crippen LogP contribution in [0.15, 0.2) is 67.1 Å². The summed E-state index contributed by atoms with van der Waals surface area (Å²) in [6, 6.07) is 13.0. The number of pyridine rings is 3. The quantitative estimate of drug-likeness (QED) is 0.0429. The topological polar surface area (TPSA) is 256 Å². The first-order chi connectivity index (χ1) is 48.0. The number of hydrogen-bond donors (Lipinski definition) is 3. The van der Waals surface area contributed by atoms with E-state index in [4.69, 9.17) is 39.5 Å². The maximum absolute atomic E-state index is 14.2. The first-order valence-electron chi connectivity index (χ1n) is 35.5. The van der Waals surface area contributed by atoms with Gasteiger partial charge in [-0.25, -0.2) is 19.7 Å². The largest absolute Gasteiger partial charge is 1.00 e. The molecule has 0 atom stereocenters. The smallest absolute Gasteiger partial charge is 0.544 e. The summed E-state index contributed by atoms with van der Waals surface area (Å²) in [6.45, 7) is 22.3. The Bertz CT molecular complexity index is 3810. The minimum atomic E-state index is -1.28. The molecule has 3 saturated heterocycles. The molecular weight excluding hydrogens is 1410 g/mol. The number of carboxylic acid groups (broad SMARTS) is 2. The molecule has 25 heteroatoms. The average Bonchev–Trinajstić information content (AvgIpc) is 1.55. The molecule has 0 bridgehead atoms. The van der Waals surface area contributed by atoms with Crippen molar-refractivity contribution in [2.45, 2.75) is 202 Å². The number of carbonyl (C=O) groups is 7. The van der Waals surface area contributed by atoms with Crippen LogP contribution < -0.4 is 54.5 Å².